The van der Waals surface area contributed by atoms with Crippen LogP contribution in [0.3, 0.4) is 0 Å². The van der Waals surface area contributed by atoms with Gasteiger partial charge in [-0.2, -0.15) is 13.2 Å². The minimum Gasteiger partial charge on any atom is -0.486 e. The molecule has 1 N–H and O–H groups in total. The number of methoxy groups -OCH3 is 1. The summed E-state index contributed by atoms with van der Waals surface area (Å²) in [4.78, 5) is 28.3. The summed E-state index contributed by atoms with van der Waals surface area (Å²) in [5.74, 6) is -1.83. The average molecular weight is 470 g/mol. The summed E-state index contributed by atoms with van der Waals surface area (Å²) in [5.41, 5.74) is -2.08. The molecular formula is C21H18F4N2O4S. The van der Waals surface area contributed by atoms with E-state index in [4.69, 9.17) is 4.74 Å². The Kier molecular flexibility index (Phi) is 6.40. The first kappa shape index (κ1) is 23.5. The second-order valence-electron chi connectivity index (χ2n) is 7.31. The normalized spacial score (nSPS) is 12.0. The van der Waals surface area contributed by atoms with Crippen molar-refractivity contribution >= 4 is 33.3 Å². The van der Waals surface area contributed by atoms with Gasteiger partial charge in [0.05, 0.1) is 7.11 Å². The Balaban J connectivity index is 1.92. The molecule has 0 saturated heterocycles. The molecule has 2 heterocycles. The van der Waals surface area contributed by atoms with Crippen LogP contribution < -0.4 is 10.1 Å². The molecule has 32 heavy (non-hydrogen) atoms. The lowest BCUT2D eigenvalue weighted by molar-refractivity contribution is -0.146. The van der Waals surface area contributed by atoms with Crippen LogP contribution in [-0.2, 0) is 22.3 Å². The second-order valence-corrected chi connectivity index (χ2v) is 8.36. The van der Waals surface area contributed by atoms with E-state index in [0.717, 1.165) is 23.6 Å². The van der Waals surface area contributed by atoms with Crippen LogP contribution in [0, 0.1) is 5.82 Å². The molecule has 0 saturated carbocycles. The monoisotopic (exact) mass is 470 g/mol. The summed E-state index contributed by atoms with van der Waals surface area (Å²) in [5, 5.41) is 2.86. The number of nitrogens with one attached hydrogen (secondary N) is 1. The third kappa shape index (κ3) is 4.98. The molecule has 1 aromatic carbocycles. The van der Waals surface area contributed by atoms with Crippen molar-refractivity contribution in [2.45, 2.75) is 32.2 Å². The van der Waals surface area contributed by atoms with E-state index in [9.17, 15) is 27.2 Å². The van der Waals surface area contributed by atoms with Crippen molar-refractivity contribution in [1.82, 2.24) is 10.3 Å². The first-order chi connectivity index (χ1) is 14.9. The van der Waals surface area contributed by atoms with Gasteiger partial charge >= 0.3 is 12.1 Å². The predicted molar refractivity (Wildman–Crippen MR) is 109 cm³/mol. The number of aromatic nitrogens is 1. The van der Waals surface area contributed by atoms with E-state index in [-0.39, 0.29) is 17.2 Å². The van der Waals surface area contributed by atoms with Gasteiger partial charge in [0.1, 0.15) is 28.5 Å². The van der Waals surface area contributed by atoms with Crippen molar-refractivity contribution in [1.29, 1.82) is 0 Å². The maximum Gasteiger partial charge on any atom is 0.433 e. The standard InChI is InChI=1S/C21H18F4N2O4S/c1-20(2,19(29)30-3)27-18(28)17-16(13-8-12(22)5-6-14(13)32-17)31-10-11-4-7-15(26-9-11)21(23,24)25/h4-9H,10H2,1-3H3,(H,27,28). The van der Waals surface area contributed by atoms with Crippen LogP contribution >= 0.6 is 11.3 Å². The quantitative estimate of drug-likeness (QED) is 0.417. The second kappa shape index (κ2) is 8.73. The van der Waals surface area contributed by atoms with E-state index in [0.29, 0.717) is 15.6 Å². The van der Waals surface area contributed by atoms with Crippen LogP contribution in [0.25, 0.3) is 10.1 Å². The lowest BCUT2D eigenvalue weighted by Crippen LogP contribution is -2.50. The summed E-state index contributed by atoms with van der Waals surface area (Å²) in [6.45, 7) is 2.70. The highest BCUT2D eigenvalue weighted by molar-refractivity contribution is 7.21. The summed E-state index contributed by atoms with van der Waals surface area (Å²) in [6.07, 6.45) is -3.56. The molecule has 6 nitrogen and oxygen atoms in total. The molecule has 11 heteroatoms. The molecule has 0 spiro atoms. The number of nitrogens with zero attached hydrogens (tertiary/aromatic N) is 1. The Morgan fingerprint density at radius 1 is 1.16 bits per heavy atom. The van der Waals surface area contributed by atoms with E-state index in [1.54, 1.807) is 0 Å². The topological polar surface area (TPSA) is 77.5 Å². The van der Waals surface area contributed by atoms with Crippen LogP contribution in [0.5, 0.6) is 5.75 Å². The third-order valence-electron chi connectivity index (χ3n) is 4.43. The van der Waals surface area contributed by atoms with Crippen LogP contribution in [0.2, 0.25) is 0 Å². The number of benzene rings is 1. The summed E-state index contributed by atoms with van der Waals surface area (Å²) in [6, 6.07) is 5.91. The highest BCUT2D eigenvalue weighted by atomic mass is 32.1. The van der Waals surface area contributed by atoms with Crippen molar-refractivity contribution < 1.29 is 36.6 Å². The van der Waals surface area contributed by atoms with E-state index in [1.807, 2.05) is 0 Å². The minimum absolute atomic E-state index is 0.0440. The van der Waals surface area contributed by atoms with E-state index < -0.39 is 35.1 Å². The number of hydrogen-bond acceptors (Lipinski definition) is 6. The smallest absolute Gasteiger partial charge is 0.433 e. The summed E-state index contributed by atoms with van der Waals surface area (Å²) >= 11 is 1.02. The Hall–Kier alpha value is -3.21. The number of amides is 1. The van der Waals surface area contributed by atoms with Crippen molar-refractivity contribution in [2.75, 3.05) is 7.11 Å². The first-order valence-electron chi connectivity index (χ1n) is 9.20. The number of hydrogen-bond donors (Lipinski definition) is 1. The predicted octanol–water partition coefficient (Wildman–Crippen LogP) is 4.71. The van der Waals surface area contributed by atoms with Gasteiger partial charge in [-0.15, -0.1) is 11.3 Å². The van der Waals surface area contributed by atoms with Crippen LogP contribution in [0.15, 0.2) is 36.5 Å². The third-order valence-corrected chi connectivity index (χ3v) is 5.58. The minimum atomic E-state index is -4.57. The van der Waals surface area contributed by atoms with Gasteiger partial charge in [-0.1, -0.05) is 6.07 Å². The lowest BCUT2D eigenvalue weighted by atomic mass is 10.1. The van der Waals surface area contributed by atoms with Crippen LogP contribution in [0.1, 0.15) is 34.8 Å². The molecule has 3 aromatic rings. The number of pyridine rings is 1. The van der Waals surface area contributed by atoms with Gasteiger partial charge in [0.15, 0.2) is 5.75 Å². The Morgan fingerprint density at radius 3 is 2.47 bits per heavy atom. The number of ether oxygens (including phenoxy) is 2. The maximum absolute atomic E-state index is 13.8. The van der Waals surface area contributed by atoms with E-state index in [1.165, 1.54) is 45.2 Å². The Morgan fingerprint density at radius 2 is 1.88 bits per heavy atom. The molecule has 0 aliphatic carbocycles. The number of carbonyl (C=O) groups excluding carboxylic acids is 2. The summed E-state index contributed by atoms with van der Waals surface area (Å²) < 4.78 is 62.9. The first-order valence-corrected chi connectivity index (χ1v) is 10.0. The Bertz CT molecular complexity index is 1160. The molecule has 3 rings (SSSR count). The molecule has 0 aliphatic heterocycles. The van der Waals surface area contributed by atoms with Gasteiger partial charge < -0.3 is 14.8 Å². The van der Waals surface area contributed by atoms with Crippen molar-refractivity contribution in [3.8, 4) is 5.75 Å². The van der Waals surface area contributed by atoms with Crippen molar-refractivity contribution in [2.24, 2.45) is 0 Å². The number of halogens is 4. The SMILES string of the molecule is COC(=O)C(C)(C)NC(=O)c1sc2ccc(F)cc2c1OCc1ccc(C(F)(F)F)nc1. The number of alkyl halides is 3. The lowest BCUT2D eigenvalue weighted by Gasteiger charge is -2.23. The largest absolute Gasteiger partial charge is 0.486 e. The number of esters is 1. The molecule has 2 aromatic heterocycles. The molecule has 0 unspecified atom stereocenters. The highest BCUT2D eigenvalue weighted by Gasteiger charge is 2.33. The van der Waals surface area contributed by atoms with Crippen molar-refractivity contribution in [3.63, 3.8) is 0 Å². The number of thiophene rings is 1. The number of rotatable bonds is 6. The fourth-order valence-electron chi connectivity index (χ4n) is 2.82. The van der Waals surface area contributed by atoms with E-state index >= 15 is 0 Å². The zero-order valence-electron chi connectivity index (χ0n) is 17.2. The van der Waals surface area contributed by atoms with E-state index in [2.05, 4.69) is 15.0 Å². The molecule has 170 valence electrons. The van der Waals surface area contributed by atoms with Gasteiger partial charge in [-0.05, 0) is 38.1 Å². The zero-order valence-corrected chi connectivity index (χ0v) is 18.0. The van der Waals surface area contributed by atoms with Gasteiger partial charge in [0.2, 0.25) is 0 Å². The molecule has 0 atom stereocenters. The average Bonchev–Trinajstić information content (AvgIpc) is 3.08. The molecular weight excluding hydrogens is 452 g/mol. The zero-order chi connectivity index (χ0) is 23.7. The van der Waals surface area contributed by atoms with Gasteiger partial charge in [0, 0.05) is 21.8 Å². The molecule has 0 aliphatic rings. The number of carbonyl (C=O) groups is 2. The molecule has 0 radical (unpaired) electrons. The van der Waals surface area contributed by atoms with Gasteiger partial charge in [-0.3, -0.25) is 9.78 Å². The fourth-order valence-corrected chi connectivity index (χ4v) is 3.84. The Labute approximate surface area is 184 Å². The van der Waals surface area contributed by atoms with Crippen LogP contribution in [0.4, 0.5) is 17.6 Å². The van der Waals surface area contributed by atoms with Crippen LogP contribution in [-0.4, -0.2) is 29.5 Å². The summed E-state index contributed by atoms with van der Waals surface area (Å²) in [7, 11) is 1.19. The molecule has 0 bridgehead atoms. The highest BCUT2D eigenvalue weighted by Crippen LogP contribution is 2.39. The molecule has 1 amide bonds. The van der Waals surface area contributed by atoms with Crippen molar-refractivity contribution in [3.05, 3.63) is 58.5 Å². The fraction of sp³-hybridized carbons (Fsp3) is 0.286. The molecule has 0 fully saturated rings. The maximum atomic E-state index is 13.8. The van der Waals surface area contributed by atoms with Gasteiger partial charge in [-0.25, -0.2) is 9.18 Å². The number of fused-ring (bicyclic) bond motifs is 1. The van der Waals surface area contributed by atoms with Gasteiger partial charge in [0.25, 0.3) is 5.91 Å².